The van der Waals surface area contributed by atoms with Gasteiger partial charge in [0.25, 0.3) is 11.8 Å². The van der Waals surface area contributed by atoms with Gasteiger partial charge >= 0.3 is 0 Å². The van der Waals surface area contributed by atoms with Gasteiger partial charge in [-0.1, -0.05) is 41.4 Å². The van der Waals surface area contributed by atoms with Crippen molar-refractivity contribution in [3.8, 4) is 5.75 Å². The van der Waals surface area contributed by atoms with Crippen molar-refractivity contribution >= 4 is 46.4 Å². The number of carbonyl (C=O) groups is 2. The first kappa shape index (κ1) is 23.9. The highest BCUT2D eigenvalue weighted by Crippen LogP contribution is 2.33. The van der Waals surface area contributed by atoms with Crippen LogP contribution in [-0.4, -0.2) is 50.0 Å². The van der Waals surface area contributed by atoms with Crippen LogP contribution in [0.1, 0.15) is 26.3 Å². The Bertz CT molecular complexity index is 1210. The second-order valence-electron chi connectivity index (χ2n) is 8.06. The lowest BCUT2D eigenvalue weighted by molar-refractivity contribution is 0.0746. The van der Waals surface area contributed by atoms with Gasteiger partial charge < -0.3 is 19.9 Å². The molecule has 34 heavy (non-hydrogen) atoms. The normalized spacial score (nSPS) is 13.5. The molecular weight excluding hydrogens is 473 g/mol. The van der Waals surface area contributed by atoms with Gasteiger partial charge in [0.15, 0.2) is 0 Å². The quantitative estimate of drug-likeness (QED) is 0.503. The zero-order chi connectivity index (χ0) is 24.2. The van der Waals surface area contributed by atoms with E-state index in [-0.39, 0.29) is 28.1 Å². The Labute approximate surface area is 209 Å². The fraction of sp³-hybridized carbons (Fsp3) is 0.231. The lowest BCUT2D eigenvalue weighted by atomic mass is 10.1. The Morgan fingerprint density at radius 3 is 2.24 bits per heavy atom. The second kappa shape index (κ2) is 10.4. The van der Waals surface area contributed by atoms with Crippen molar-refractivity contribution in [2.45, 2.75) is 6.92 Å². The summed E-state index contributed by atoms with van der Waals surface area (Å²) in [6, 6.07) is 18.3. The fourth-order valence-electron chi connectivity index (χ4n) is 4.04. The zero-order valence-corrected chi connectivity index (χ0v) is 20.5. The van der Waals surface area contributed by atoms with Crippen molar-refractivity contribution in [3.05, 3.63) is 87.4 Å². The summed E-state index contributed by atoms with van der Waals surface area (Å²) in [6.07, 6.45) is 0. The van der Waals surface area contributed by atoms with Crippen molar-refractivity contribution in [1.82, 2.24) is 4.90 Å². The van der Waals surface area contributed by atoms with Gasteiger partial charge in [-0.15, -0.1) is 0 Å². The van der Waals surface area contributed by atoms with Crippen LogP contribution in [0.3, 0.4) is 0 Å². The maximum Gasteiger partial charge on any atom is 0.259 e. The number of carbonyl (C=O) groups excluding carboxylic acids is 2. The molecule has 0 bridgehead atoms. The molecule has 1 aliphatic rings. The molecule has 176 valence electrons. The van der Waals surface area contributed by atoms with Gasteiger partial charge in [0.05, 0.1) is 17.7 Å². The first-order chi connectivity index (χ1) is 16.4. The average Bonchev–Trinajstić information content (AvgIpc) is 2.84. The molecule has 0 saturated carbocycles. The number of ether oxygens (including phenoxy) is 1. The van der Waals surface area contributed by atoms with E-state index in [1.165, 1.54) is 19.2 Å². The molecule has 4 rings (SSSR count). The molecule has 1 heterocycles. The molecule has 3 aromatic carbocycles. The molecule has 0 spiro atoms. The summed E-state index contributed by atoms with van der Waals surface area (Å²) in [4.78, 5) is 29.8. The maximum absolute atomic E-state index is 12.9. The van der Waals surface area contributed by atoms with E-state index in [4.69, 9.17) is 27.9 Å². The summed E-state index contributed by atoms with van der Waals surface area (Å²) >= 11 is 12.2. The van der Waals surface area contributed by atoms with Crippen molar-refractivity contribution in [2.75, 3.05) is 43.5 Å². The first-order valence-corrected chi connectivity index (χ1v) is 11.7. The van der Waals surface area contributed by atoms with Gasteiger partial charge in [-0.05, 0) is 55.0 Å². The van der Waals surface area contributed by atoms with E-state index in [1.54, 1.807) is 0 Å². The van der Waals surface area contributed by atoms with Crippen molar-refractivity contribution in [2.24, 2.45) is 0 Å². The Kier molecular flexibility index (Phi) is 7.29. The standard InChI is InChI=1S/C26H25Cl2N3O3/c1-17-5-3-4-6-21(17)26(33)31-13-11-30(12-14-31)20-9-7-19(8-10-20)29-25(32)22-15-18(27)16-23(28)24(22)34-2/h3-10,15-16H,11-14H2,1-2H3,(H,29,32). The number of piperazine rings is 1. The number of aryl methyl sites for hydroxylation is 1. The molecule has 3 aromatic rings. The zero-order valence-electron chi connectivity index (χ0n) is 19.0. The average molecular weight is 498 g/mol. The SMILES string of the molecule is COc1c(Cl)cc(Cl)cc1C(=O)Nc1ccc(N2CCN(C(=O)c3ccccc3C)CC2)cc1. The highest BCUT2D eigenvalue weighted by molar-refractivity contribution is 6.36. The predicted molar refractivity (Wildman–Crippen MR) is 137 cm³/mol. The van der Waals surface area contributed by atoms with Gasteiger partial charge in [-0.3, -0.25) is 9.59 Å². The summed E-state index contributed by atoms with van der Waals surface area (Å²) < 4.78 is 5.26. The van der Waals surface area contributed by atoms with E-state index in [2.05, 4.69) is 10.2 Å². The molecule has 1 fully saturated rings. The van der Waals surface area contributed by atoms with Crippen molar-refractivity contribution < 1.29 is 14.3 Å². The van der Waals surface area contributed by atoms with Crippen LogP contribution < -0.4 is 15.0 Å². The van der Waals surface area contributed by atoms with Crippen LogP contribution in [0.5, 0.6) is 5.75 Å². The third-order valence-electron chi connectivity index (χ3n) is 5.89. The van der Waals surface area contributed by atoms with E-state index >= 15 is 0 Å². The largest absolute Gasteiger partial charge is 0.494 e. The van der Waals surface area contributed by atoms with E-state index in [0.717, 1.165) is 29.9 Å². The molecular formula is C26H25Cl2N3O3. The minimum atomic E-state index is -0.364. The third kappa shape index (κ3) is 5.13. The number of halogens is 2. The smallest absolute Gasteiger partial charge is 0.259 e. The number of nitrogens with one attached hydrogen (secondary N) is 1. The van der Waals surface area contributed by atoms with Crippen LogP contribution >= 0.6 is 23.2 Å². The Morgan fingerprint density at radius 2 is 1.59 bits per heavy atom. The fourth-order valence-corrected chi connectivity index (χ4v) is 4.61. The Morgan fingerprint density at radius 1 is 0.912 bits per heavy atom. The number of anilines is 2. The molecule has 0 aromatic heterocycles. The molecule has 6 nitrogen and oxygen atoms in total. The summed E-state index contributed by atoms with van der Waals surface area (Å²) in [5.74, 6) is -0.0111. The van der Waals surface area contributed by atoms with Crippen LogP contribution in [-0.2, 0) is 0 Å². The van der Waals surface area contributed by atoms with Crippen molar-refractivity contribution in [3.63, 3.8) is 0 Å². The molecule has 0 radical (unpaired) electrons. The number of amides is 2. The summed E-state index contributed by atoms with van der Waals surface area (Å²) in [5.41, 5.74) is 3.68. The summed E-state index contributed by atoms with van der Waals surface area (Å²) in [6.45, 7) is 4.74. The molecule has 8 heteroatoms. The highest BCUT2D eigenvalue weighted by Gasteiger charge is 2.23. The molecule has 1 saturated heterocycles. The second-order valence-corrected chi connectivity index (χ2v) is 8.91. The molecule has 0 unspecified atom stereocenters. The van der Waals surface area contributed by atoms with Crippen LogP contribution in [0.15, 0.2) is 60.7 Å². The lowest BCUT2D eigenvalue weighted by Crippen LogP contribution is -2.48. The van der Waals surface area contributed by atoms with Gasteiger partial charge in [-0.2, -0.15) is 0 Å². The number of rotatable bonds is 5. The van der Waals surface area contributed by atoms with Crippen LogP contribution in [0.25, 0.3) is 0 Å². The first-order valence-electron chi connectivity index (χ1n) is 10.9. The number of hydrogen-bond acceptors (Lipinski definition) is 4. The Balaban J connectivity index is 1.38. The van der Waals surface area contributed by atoms with E-state index in [1.807, 2.05) is 60.4 Å². The molecule has 2 amide bonds. The minimum Gasteiger partial charge on any atom is -0.494 e. The molecule has 0 atom stereocenters. The van der Waals surface area contributed by atoms with Crippen LogP contribution in [0.2, 0.25) is 10.0 Å². The van der Waals surface area contributed by atoms with Gasteiger partial charge in [0.1, 0.15) is 5.75 Å². The van der Waals surface area contributed by atoms with Crippen LogP contribution in [0.4, 0.5) is 11.4 Å². The van der Waals surface area contributed by atoms with Crippen LogP contribution in [0, 0.1) is 6.92 Å². The van der Waals surface area contributed by atoms with E-state index in [9.17, 15) is 9.59 Å². The highest BCUT2D eigenvalue weighted by atomic mass is 35.5. The number of hydrogen-bond donors (Lipinski definition) is 1. The van der Waals surface area contributed by atoms with E-state index in [0.29, 0.717) is 23.8 Å². The Hall–Kier alpha value is -3.22. The van der Waals surface area contributed by atoms with E-state index < -0.39 is 0 Å². The number of methoxy groups -OCH3 is 1. The van der Waals surface area contributed by atoms with Gasteiger partial charge in [0, 0.05) is 48.1 Å². The van der Waals surface area contributed by atoms with Gasteiger partial charge in [-0.25, -0.2) is 0 Å². The predicted octanol–water partition coefficient (Wildman–Crippen LogP) is 5.53. The monoisotopic (exact) mass is 497 g/mol. The maximum atomic E-state index is 12.9. The molecule has 1 N–H and O–H groups in total. The summed E-state index contributed by atoms with van der Waals surface area (Å²) in [5, 5.41) is 3.48. The van der Waals surface area contributed by atoms with Gasteiger partial charge in [0.2, 0.25) is 0 Å². The lowest BCUT2D eigenvalue weighted by Gasteiger charge is -2.36. The van der Waals surface area contributed by atoms with Crippen molar-refractivity contribution in [1.29, 1.82) is 0 Å². The number of nitrogens with zero attached hydrogens (tertiary/aromatic N) is 2. The molecule has 0 aliphatic carbocycles. The topological polar surface area (TPSA) is 61.9 Å². The molecule has 1 aliphatic heterocycles. The number of benzene rings is 3. The summed E-state index contributed by atoms with van der Waals surface area (Å²) in [7, 11) is 1.45. The third-order valence-corrected chi connectivity index (χ3v) is 6.39. The minimum absolute atomic E-state index is 0.0763.